The molecule has 0 aliphatic heterocycles. The molecular weight excluding hydrogens is 209 g/mol. The van der Waals surface area contributed by atoms with Gasteiger partial charge in [0.25, 0.3) is 0 Å². The van der Waals surface area contributed by atoms with Crippen molar-refractivity contribution in [2.24, 2.45) is 0 Å². The van der Waals surface area contributed by atoms with Crippen molar-refractivity contribution in [3.63, 3.8) is 0 Å². The lowest BCUT2D eigenvalue weighted by molar-refractivity contribution is -0.687. The van der Waals surface area contributed by atoms with Gasteiger partial charge in [0, 0.05) is 11.1 Å². The molecule has 0 atom stereocenters. The van der Waals surface area contributed by atoms with Crippen molar-refractivity contribution in [1.29, 1.82) is 0 Å². The van der Waals surface area contributed by atoms with Crippen LogP contribution in [0.25, 0.3) is 0 Å². The molecule has 1 heterocycles. The molecule has 1 aromatic rings. The molecule has 0 aliphatic carbocycles. The molecule has 0 spiro atoms. The Morgan fingerprint density at radius 3 is 2.92 bits per heavy atom. The van der Waals surface area contributed by atoms with Crippen LogP contribution in [0.1, 0.15) is 6.92 Å². The quantitative estimate of drug-likeness (QED) is 0.624. The van der Waals surface area contributed by atoms with E-state index >= 15 is 0 Å². The first-order chi connectivity index (χ1) is 5.68. The molecule has 0 unspecified atom stereocenters. The fourth-order valence-electron chi connectivity index (χ4n) is 0.853. The lowest BCUT2D eigenvalue weighted by Crippen LogP contribution is -3.00. The van der Waals surface area contributed by atoms with Gasteiger partial charge in [-0.05, 0) is 19.1 Å². The van der Waals surface area contributed by atoms with Crippen molar-refractivity contribution in [2.75, 3.05) is 0 Å². The van der Waals surface area contributed by atoms with Crippen LogP contribution < -0.4 is 17.0 Å². The number of rotatable bonds is 2. The van der Waals surface area contributed by atoms with Crippen LogP contribution in [0.2, 0.25) is 0 Å². The van der Waals surface area contributed by atoms with Crippen molar-refractivity contribution >= 4 is 11.6 Å². The van der Waals surface area contributed by atoms with E-state index < -0.39 is 0 Å². The van der Waals surface area contributed by atoms with Crippen LogP contribution in [0.5, 0.6) is 5.75 Å². The first-order valence-electron chi connectivity index (χ1n) is 3.69. The number of allylic oxidation sites excluding steroid dienone is 2. The van der Waals surface area contributed by atoms with Gasteiger partial charge < -0.3 is 17.5 Å². The van der Waals surface area contributed by atoms with E-state index in [0.29, 0.717) is 6.54 Å². The predicted molar refractivity (Wildman–Crippen MR) is 47.9 cm³/mol. The summed E-state index contributed by atoms with van der Waals surface area (Å²) in [6.07, 6.45) is 5.40. The Hall–Kier alpha value is -0.730. The van der Waals surface area contributed by atoms with Gasteiger partial charge in [0.15, 0.2) is 18.5 Å². The fraction of sp³-hybridized carbons (Fsp3) is 0.222. The average molecular weight is 220 g/mol. The predicted octanol–water partition coefficient (Wildman–Crippen LogP) is -1.17. The Morgan fingerprint density at radius 2 is 2.38 bits per heavy atom. The molecule has 2 nitrogen and oxygen atoms in total. The zero-order valence-corrected chi connectivity index (χ0v) is 8.76. The Kier molecular flexibility index (Phi) is 5.51. The maximum absolute atomic E-state index is 9.10. The Labute approximate surface area is 88.9 Å². The molecule has 0 aliphatic rings. The van der Waals surface area contributed by atoms with Gasteiger partial charge in [0.1, 0.15) is 0 Å². The molecule has 0 aromatic carbocycles. The second-order valence-corrected chi connectivity index (χ2v) is 3.15. The van der Waals surface area contributed by atoms with E-state index in [1.54, 1.807) is 18.3 Å². The third-order valence-corrected chi connectivity index (χ3v) is 1.58. The van der Waals surface area contributed by atoms with E-state index in [-0.39, 0.29) is 18.2 Å². The van der Waals surface area contributed by atoms with Gasteiger partial charge in [-0.3, -0.25) is 0 Å². The van der Waals surface area contributed by atoms with E-state index in [0.717, 1.165) is 5.03 Å². The average Bonchev–Trinajstić information content (AvgIpc) is 2.01. The topological polar surface area (TPSA) is 24.1 Å². The Bertz CT molecular complexity index is 295. The zero-order valence-electron chi connectivity index (χ0n) is 7.24. The summed E-state index contributed by atoms with van der Waals surface area (Å²) in [4.78, 5) is 0. The van der Waals surface area contributed by atoms with Crippen molar-refractivity contribution in [3.8, 4) is 5.75 Å². The van der Waals surface area contributed by atoms with Crippen LogP contribution in [0, 0.1) is 0 Å². The highest BCUT2D eigenvalue weighted by atomic mass is 35.5. The monoisotopic (exact) mass is 219 g/mol. The molecule has 4 heteroatoms. The number of aromatic hydroxyl groups is 1. The van der Waals surface area contributed by atoms with E-state index in [1.165, 1.54) is 0 Å². The molecule has 0 saturated heterocycles. The third-order valence-electron chi connectivity index (χ3n) is 1.43. The number of pyridine rings is 1. The highest BCUT2D eigenvalue weighted by Crippen LogP contribution is 2.01. The number of nitrogens with zero attached hydrogens (tertiary/aromatic N) is 1. The van der Waals surface area contributed by atoms with Crippen molar-refractivity contribution in [2.45, 2.75) is 13.5 Å². The molecule has 0 saturated carbocycles. The van der Waals surface area contributed by atoms with E-state index in [4.69, 9.17) is 16.7 Å². The molecular formula is C9H11Cl2NO. The van der Waals surface area contributed by atoms with E-state index in [1.807, 2.05) is 23.8 Å². The largest absolute Gasteiger partial charge is 1.00 e. The SMILES string of the molecule is C/C(Cl)=C\C[n+]1cccc(O)c1.[Cl-]. The van der Waals surface area contributed by atoms with Gasteiger partial charge in [0.05, 0.1) is 0 Å². The third kappa shape index (κ3) is 4.76. The minimum atomic E-state index is 0. The molecule has 0 radical (unpaired) electrons. The van der Waals surface area contributed by atoms with Crippen molar-refractivity contribution in [1.82, 2.24) is 0 Å². The molecule has 1 N–H and O–H groups in total. The lowest BCUT2D eigenvalue weighted by atomic mass is 10.4. The summed E-state index contributed by atoms with van der Waals surface area (Å²) in [6.45, 7) is 2.51. The second-order valence-electron chi connectivity index (χ2n) is 2.55. The summed E-state index contributed by atoms with van der Waals surface area (Å²) >= 11 is 5.65. The van der Waals surface area contributed by atoms with Crippen LogP contribution in [0.4, 0.5) is 0 Å². The number of halogens is 2. The molecule has 0 bridgehead atoms. The summed E-state index contributed by atoms with van der Waals surface area (Å²) in [5.74, 6) is 0.262. The molecule has 0 fully saturated rings. The first-order valence-corrected chi connectivity index (χ1v) is 4.06. The van der Waals surface area contributed by atoms with Crippen LogP contribution >= 0.6 is 11.6 Å². The molecule has 1 rings (SSSR count). The number of aromatic nitrogens is 1. The number of hydrogen-bond donors (Lipinski definition) is 1. The summed E-state index contributed by atoms with van der Waals surface area (Å²) < 4.78 is 1.85. The lowest BCUT2D eigenvalue weighted by Gasteiger charge is -1.92. The molecule has 1 aromatic heterocycles. The highest BCUT2D eigenvalue weighted by molar-refractivity contribution is 6.29. The standard InChI is InChI=1S/C9H10ClNO.ClH/c1-8(10)4-6-11-5-2-3-9(12)7-11;/h2-5,7H,6H2,1H3;1H/b8-4+;. The van der Waals surface area contributed by atoms with Crippen LogP contribution in [-0.4, -0.2) is 5.11 Å². The van der Waals surface area contributed by atoms with Crippen LogP contribution in [-0.2, 0) is 6.54 Å². The van der Waals surface area contributed by atoms with E-state index in [2.05, 4.69) is 0 Å². The van der Waals surface area contributed by atoms with Gasteiger partial charge in [-0.1, -0.05) is 11.6 Å². The van der Waals surface area contributed by atoms with E-state index in [9.17, 15) is 0 Å². The van der Waals surface area contributed by atoms with Gasteiger partial charge in [-0.15, -0.1) is 0 Å². The second kappa shape index (κ2) is 5.84. The Balaban J connectivity index is 0.00000144. The smallest absolute Gasteiger partial charge is 0.211 e. The summed E-state index contributed by atoms with van der Waals surface area (Å²) in [7, 11) is 0. The normalized spacial score (nSPS) is 10.8. The van der Waals surface area contributed by atoms with Crippen LogP contribution in [0.15, 0.2) is 35.6 Å². The summed E-state index contributed by atoms with van der Waals surface area (Å²) in [5, 5.41) is 9.86. The van der Waals surface area contributed by atoms with Crippen molar-refractivity contribution in [3.05, 3.63) is 35.6 Å². The fourth-order valence-corrected chi connectivity index (χ4v) is 0.922. The first kappa shape index (κ1) is 12.3. The Morgan fingerprint density at radius 1 is 1.69 bits per heavy atom. The minimum absolute atomic E-state index is 0. The minimum Gasteiger partial charge on any atom is -1.00 e. The maximum atomic E-state index is 9.10. The zero-order chi connectivity index (χ0) is 8.97. The summed E-state index contributed by atoms with van der Waals surface area (Å²) in [6, 6.07) is 3.42. The van der Waals surface area contributed by atoms with Crippen molar-refractivity contribution < 1.29 is 22.1 Å². The van der Waals surface area contributed by atoms with Gasteiger partial charge in [0.2, 0.25) is 6.20 Å². The summed E-state index contributed by atoms with van der Waals surface area (Å²) in [5.41, 5.74) is 0. The molecule has 72 valence electrons. The van der Waals surface area contributed by atoms with Gasteiger partial charge in [-0.2, -0.15) is 4.57 Å². The molecule has 13 heavy (non-hydrogen) atoms. The molecule has 0 amide bonds. The number of hydrogen-bond acceptors (Lipinski definition) is 1. The van der Waals surface area contributed by atoms with Gasteiger partial charge >= 0.3 is 0 Å². The highest BCUT2D eigenvalue weighted by Gasteiger charge is 1.97. The van der Waals surface area contributed by atoms with Crippen LogP contribution in [0.3, 0.4) is 0 Å². The maximum Gasteiger partial charge on any atom is 0.211 e. The van der Waals surface area contributed by atoms with Gasteiger partial charge in [-0.25, -0.2) is 0 Å².